The van der Waals surface area contributed by atoms with Crippen molar-refractivity contribution in [1.29, 1.82) is 0 Å². The van der Waals surface area contributed by atoms with Gasteiger partial charge in [-0.1, -0.05) is 0 Å². The van der Waals surface area contributed by atoms with Crippen molar-refractivity contribution in [2.24, 2.45) is 0 Å². The van der Waals surface area contributed by atoms with E-state index < -0.39 is 11.6 Å². The third-order valence-electron chi connectivity index (χ3n) is 1.27. The van der Waals surface area contributed by atoms with E-state index in [1.807, 2.05) is 0 Å². The molecule has 0 amide bonds. The highest BCUT2D eigenvalue weighted by Crippen LogP contribution is 2.13. The molecule has 0 aromatic carbocycles. The van der Waals surface area contributed by atoms with Crippen molar-refractivity contribution >= 4 is 11.8 Å². The van der Waals surface area contributed by atoms with Crippen molar-refractivity contribution in [1.82, 2.24) is 9.97 Å². The maximum absolute atomic E-state index is 11.4. The molecule has 0 saturated heterocycles. The summed E-state index contributed by atoms with van der Waals surface area (Å²) in [4.78, 5) is 17.7. The second-order valence-corrected chi connectivity index (χ2v) is 3.66. The molecule has 1 rings (SSSR count). The average Bonchev–Trinajstić information content (AvgIpc) is 2.30. The first-order chi connectivity index (χ1) is 5.90. The molecule has 5 heteroatoms. The fourth-order valence-corrected chi connectivity index (χ4v) is 0.797. The summed E-state index contributed by atoms with van der Waals surface area (Å²) in [7, 11) is 0. The summed E-state index contributed by atoms with van der Waals surface area (Å²) in [6, 6.07) is 0. The second-order valence-electron chi connectivity index (χ2n) is 3.66. The first kappa shape index (κ1) is 9.57. The van der Waals surface area contributed by atoms with Crippen molar-refractivity contribution in [3.05, 3.63) is 12.0 Å². The van der Waals surface area contributed by atoms with Crippen LogP contribution in [-0.4, -0.2) is 21.5 Å². The number of nitrogens with zero attached hydrogens (tertiary/aromatic N) is 1. The molecule has 0 atom stereocenters. The fourth-order valence-electron chi connectivity index (χ4n) is 0.797. The molecule has 3 N–H and O–H groups in total. The molecule has 1 aromatic rings. The molecule has 0 aliphatic heterocycles. The topological polar surface area (TPSA) is 81.0 Å². The Hall–Kier alpha value is -1.52. The van der Waals surface area contributed by atoms with Crippen LogP contribution < -0.4 is 5.73 Å². The normalized spacial score (nSPS) is 11.3. The lowest BCUT2D eigenvalue weighted by Crippen LogP contribution is -2.24. The van der Waals surface area contributed by atoms with Crippen LogP contribution in [0.4, 0.5) is 5.82 Å². The summed E-state index contributed by atoms with van der Waals surface area (Å²) in [5, 5.41) is 0. The minimum Gasteiger partial charge on any atom is -0.455 e. The van der Waals surface area contributed by atoms with Gasteiger partial charge in [0.05, 0.1) is 6.33 Å². The van der Waals surface area contributed by atoms with E-state index in [1.54, 1.807) is 20.8 Å². The van der Waals surface area contributed by atoms with Gasteiger partial charge in [0.25, 0.3) is 0 Å². The standard InChI is InChI=1S/C8H13N3O2/c1-8(2,3)13-7(12)5-6(9)11-4-10-5/h4H,9H2,1-3H3,(H,10,11). The minimum atomic E-state index is -0.519. The number of H-pyrrole nitrogens is 1. The summed E-state index contributed by atoms with van der Waals surface area (Å²) in [6.45, 7) is 5.37. The molecule has 1 aromatic heterocycles. The van der Waals surface area contributed by atoms with Gasteiger partial charge in [0.15, 0.2) is 11.5 Å². The van der Waals surface area contributed by atoms with Crippen molar-refractivity contribution in [2.45, 2.75) is 26.4 Å². The first-order valence-corrected chi connectivity index (χ1v) is 3.92. The van der Waals surface area contributed by atoms with Gasteiger partial charge in [-0.15, -0.1) is 0 Å². The van der Waals surface area contributed by atoms with Gasteiger partial charge in [0.2, 0.25) is 0 Å². The Morgan fingerprint density at radius 1 is 1.62 bits per heavy atom. The highest BCUT2D eigenvalue weighted by molar-refractivity contribution is 5.92. The zero-order valence-electron chi connectivity index (χ0n) is 7.92. The third-order valence-corrected chi connectivity index (χ3v) is 1.27. The number of anilines is 1. The number of esters is 1. The van der Waals surface area contributed by atoms with Gasteiger partial charge in [-0.2, -0.15) is 0 Å². The SMILES string of the molecule is CC(C)(C)OC(=O)c1[nH]cnc1N. The highest BCUT2D eigenvalue weighted by Gasteiger charge is 2.20. The lowest BCUT2D eigenvalue weighted by atomic mass is 10.2. The van der Waals surface area contributed by atoms with Crippen LogP contribution >= 0.6 is 0 Å². The molecule has 0 bridgehead atoms. The van der Waals surface area contributed by atoms with E-state index in [9.17, 15) is 4.79 Å². The van der Waals surface area contributed by atoms with Gasteiger partial charge in [-0.3, -0.25) is 0 Å². The van der Waals surface area contributed by atoms with Crippen LogP contribution in [0.3, 0.4) is 0 Å². The van der Waals surface area contributed by atoms with E-state index in [0.29, 0.717) is 0 Å². The van der Waals surface area contributed by atoms with Crippen molar-refractivity contribution in [2.75, 3.05) is 5.73 Å². The van der Waals surface area contributed by atoms with E-state index in [2.05, 4.69) is 9.97 Å². The number of hydrogen-bond acceptors (Lipinski definition) is 4. The van der Waals surface area contributed by atoms with Crippen LogP contribution in [0, 0.1) is 0 Å². The van der Waals surface area contributed by atoms with E-state index in [4.69, 9.17) is 10.5 Å². The van der Waals surface area contributed by atoms with Crippen LogP contribution in [0.1, 0.15) is 31.3 Å². The Balaban J connectivity index is 2.76. The van der Waals surface area contributed by atoms with Crippen molar-refractivity contribution in [3.8, 4) is 0 Å². The molecule has 1 heterocycles. The predicted molar refractivity (Wildman–Crippen MR) is 48.2 cm³/mol. The van der Waals surface area contributed by atoms with Crippen LogP contribution in [-0.2, 0) is 4.74 Å². The molecular weight excluding hydrogens is 170 g/mol. The summed E-state index contributed by atoms with van der Waals surface area (Å²) in [5.41, 5.74) is 5.10. The van der Waals surface area contributed by atoms with E-state index in [1.165, 1.54) is 6.33 Å². The molecule has 0 fully saturated rings. The number of nitrogens with two attached hydrogens (primary N) is 1. The van der Waals surface area contributed by atoms with E-state index in [-0.39, 0.29) is 11.5 Å². The molecule has 5 nitrogen and oxygen atoms in total. The Morgan fingerprint density at radius 3 is 2.62 bits per heavy atom. The zero-order chi connectivity index (χ0) is 10.1. The lowest BCUT2D eigenvalue weighted by molar-refractivity contribution is 0.00648. The van der Waals surface area contributed by atoms with Gasteiger partial charge in [0.1, 0.15) is 5.60 Å². The Labute approximate surface area is 76.3 Å². The van der Waals surface area contributed by atoms with Crippen molar-refractivity contribution in [3.63, 3.8) is 0 Å². The quantitative estimate of drug-likeness (QED) is 0.635. The molecule has 0 spiro atoms. The minimum absolute atomic E-state index is 0.161. The molecular formula is C8H13N3O2. The van der Waals surface area contributed by atoms with Crippen LogP contribution in [0.2, 0.25) is 0 Å². The maximum Gasteiger partial charge on any atom is 0.359 e. The zero-order valence-corrected chi connectivity index (χ0v) is 7.92. The Bertz CT molecular complexity index is 311. The van der Waals surface area contributed by atoms with Crippen LogP contribution in [0.15, 0.2) is 6.33 Å². The first-order valence-electron chi connectivity index (χ1n) is 3.92. The van der Waals surface area contributed by atoms with Crippen LogP contribution in [0.25, 0.3) is 0 Å². The number of carbonyl (C=O) groups excluding carboxylic acids is 1. The molecule has 72 valence electrons. The number of nitrogens with one attached hydrogen (secondary N) is 1. The fraction of sp³-hybridized carbons (Fsp3) is 0.500. The van der Waals surface area contributed by atoms with E-state index in [0.717, 1.165) is 0 Å². The molecule has 0 saturated carbocycles. The number of aromatic nitrogens is 2. The number of hydrogen-bond donors (Lipinski definition) is 2. The number of ether oxygens (including phenoxy) is 1. The largest absolute Gasteiger partial charge is 0.455 e. The van der Waals surface area contributed by atoms with Gasteiger partial charge in [-0.25, -0.2) is 9.78 Å². The number of nitrogen functional groups attached to an aromatic ring is 1. The predicted octanol–water partition coefficient (Wildman–Crippen LogP) is 0.947. The van der Waals surface area contributed by atoms with Gasteiger partial charge < -0.3 is 15.5 Å². The molecule has 0 aliphatic carbocycles. The molecule has 0 radical (unpaired) electrons. The van der Waals surface area contributed by atoms with Gasteiger partial charge >= 0.3 is 5.97 Å². The van der Waals surface area contributed by atoms with Gasteiger partial charge in [-0.05, 0) is 20.8 Å². The van der Waals surface area contributed by atoms with Crippen LogP contribution in [0.5, 0.6) is 0 Å². The number of aromatic amines is 1. The number of rotatable bonds is 1. The number of carbonyl (C=O) groups is 1. The lowest BCUT2D eigenvalue weighted by Gasteiger charge is -2.18. The average molecular weight is 183 g/mol. The Morgan fingerprint density at radius 2 is 2.23 bits per heavy atom. The summed E-state index contributed by atoms with van der Waals surface area (Å²) in [5.74, 6) is -0.322. The smallest absolute Gasteiger partial charge is 0.359 e. The monoisotopic (exact) mass is 183 g/mol. The van der Waals surface area contributed by atoms with E-state index >= 15 is 0 Å². The molecule has 0 aliphatic rings. The molecule has 13 heavy (non-hydrogen) atoms. The highest BCUT2D eigenvalue weighted by atomic mass is 16.6. The third kappa shape index (κ3) is 2.47. The second kappa shape index (κ2) is 3.08. The van der Waals surface area contributed by atoms with Crippen molar-refractivity contribution < 1.29 is 9.53 Å². The molecule has 0 unspecified atom stereocenters. The summed E-state index contributed by atoms with van der Waals surface area (Å²) >= 11 is 0. The van der Waals surface area contributed by atoms with Gasteiger partial charge in [0, 0.05) is 0 Å². The summed E-state index contributed by atoms with van der Waals surface area (Å²) in [6.07, 6.45) is 1.36. The number of imidazole rings is 1. The Kier molecular flexibility index (Phi) is 2.27. The summed E-state index contributed by atoms with van der Waals surface area (Å²) < 4.78 is 5.07. The maximum atomic E-state index is 11.4.